The van der Waals surface area contributed by atoms with Crippen LogP contribution in [-0.2, 0) is 4.52 Å². The van der Waals surface area contributed by atoms with E-state index in [0.29, 0.717) is 15.1 Å². The summed E-state index contributed by atoms with van der Waals surface area (Å²) < 4.78 is 5.03. The van der Waals surface area contributed by atoms with Crippen molar-refractivity contribution < 1.29 is 4.52 Å². The standard InChI is InChI=1S/C5H10OP2/c1-3-5(2)4-6-8-7/h1,5,8H,4,7H2,2H3. The second-order valence-electron chi connectivity index (χ2n) is 1.50. The van der Waals surface area contributed by atoms with Crippen molar-refractivity contribution in [3.05, 3.63) is 0 Å². The van der Waals surface area contributed by atoms with Gasteiger partial charge < -0.3 is 4.52 Å². The van der Waals surface area contributed by atoms with Crippen molar-refractivity contribution in [2.45, 2.75) is 6.92 Å². The van der Waals surface area contributed by atoms with Crippen molar-refractivity contribution in [2.24, 2.45) is 5.92 Å². The van der Waals surface area contributed by atoms with Gasteiger partial charge in [0.2, 0.25) is 0 Å². The van der Waals surface area contributed by atoms with Gasteiger partial charge in [-0.15, -0.1) is 12.3 Å². The highest BCUT2D eigenvalue weighted by Crippen LogP contribution is 2.21. The molecule has 0 amide bonds. The zero-order chi connectivity index (χ0) is 6.41. The van der Waals surface area contributed by atoms with Gasteiger partial charge in [-0.3, -0.25) is 0 Å². The Morgan fingerprint density at radius 2 is 2.62 bits per heavy atom. The molecule has 0 aliphatic rings. The van der Waals surface area contributed by atoms with Crippen molar-refractivity contribution in [2.75, 3.05) is 6.61 Å². The molecule has 0 aliphatic carbocycles. The molecule has 0 saturated carbocycles. The lowest BCUT2D eigenvalue weighted by molar-refractivity contribution is 0.334. The summed E-state index contributed by atoms with van der Waals surface area (Å²) in [5, 5.41) is 0. The molecule has 0 aromatic heterocycles. The van der Waals surface area contributed by atoms with Gasteiger partial charge >= 0.3 is 0 Å². The summed E-state index contributed by atoms with van der Waals surface area (Å²) in [6.07, 6.45) is 5.08. The minimum absolute atomic E-state index is 0.253. The first-order chi connectivity index (χ1) is 3.81. The highest BCUT2D eigenvalue weighted by atomic mass is 32.0. The molecule has 1 nitrogen and oxygen atoms in total. The molecule has 0 N–H and O–H groups in total. The third-order valence-corrected chi connectivity index (χ3v) is 1.53. The number of rotatable bonds is 3. The summed E-state index contributed by atoms with van der Waals surface area (Å²) in [5.74, 6) is 2.82. The van der Waals surface area contributed by atoms with Crippen molar-refractivity contribution in [1.29, 1.82) is 0 Å². The van der Waals surface area contributed by atoms with Crippen LogP contribution in [0.25, 0.3) is 0 Å². The van der Waals surface area contributed by atoms with Crippen LogP contribution in [-0.4, -0.2) is 6.61 Å². The van der Waals surface area contributed by atoms with Gasteiger partial charge in [-0.1, -0.05) is 8.93 Å². The maximum absolute atomic E-state index is 5.08. The molecule has 0 radical (unpaired) electrons. The Labute approximate surface area is 54.5 Å². The second kappa shape index (κ2) is 5.52. The molecule has 0 saturated heterocycles. The Morgan fingerprint density at radius 3 is 3.00 bits per heavy atom. The Hall–Kier alpha value is 0.380. The van der Waals surface area contributed by atoms with Gasteiger partial charge in [0.25, 0.3) is 0 Å². The van der Waals surface area contributed by atoms with Gasteiger partial charge in [-0.25, -0.2) is 0 Å². The van der Waals surface area contributed by atoms with E-state index in [1.807, 2.05) is 6.92 Å². The van der Waals surface area contributed by atoms with Crippen molar-refractivity contribution >= 4 is 17.4 Å². The van der Waals surface area contributed by atoms with Crippen LogP contribution in [0.15, 0.2) is 0 Å². The van der Waals surface area contributed by atoms with Crippen LogP contribution >= 0.6 is 17.4 Å². The Balaban J connectivity index is 3.02. The minimum atomic E-state index is 0.253. The second-order valence-corrected chi connectivity index (χ2v) is 2.73. The minimum Gasteiger partial charge on any atom is -0.357 e. The summed E-state index contributed by atoms with van der Waals surface area (Å²) in [6.45, 7) is 2.64. The summed E-state index contributed by atoms with van der Waals surface area (Å²) in [5.41, 5.74) is 0. The zero-order valence-electron chi connectivity index (χ0n) is 4.85. The van der Waals surface area contributed by atoms with Crippen LogP contribution in [0.4, 0.5) is 0 Å². The van der Waals surface area contributed by atoms with Gasteiger partial charge in [0, 0.05) is 14.4 Å². The van der Waals surface area contributed by atoms with Crippen LogP contribution in [0.3, 0.4) is 0 Å². The molecule has 0 rings (SSSR count). The molecule has 0 aliphatic heterocycles. The third kappa shape index (κ3) is 4.54. The van der Waals surface area contributed by atoms with Crippen LogP contribution < -0.4 is 0 Å². The lowest BCUT2D eigenvalue weighted by Gasteiger charge is -2.00. The molecule has 3 heteroatoms. The molecular formula is C5H10OP2. The summed E-state index contributed by atoms with van der Waals surface area (Å²) in [7, 11) is 2.98. The molecule has 0 bridgehead atoms. The molecule has 46 valence electrons. The van der Waals surface area contributed by atoms with E-state index >= 15 is 0 Å². The Kier molecular flexibility index (Phi) is 5.78. The molecule has 8 heavy (non-hydrogen) atoms. The molecule has 3 atom stereocenters. The predicted octanol–water partition coefficient (Wildman–Crippen LogP) is 1.66. The largest absolute Gasteiger partial charge is 0.357 e. The normalized spacial score (nSPS) is 14.1. The molecule has 0 heterocycles. The maximum Gasteiger partial charge on any atom is 0.0644 e. The Morgan fingerprint density at radius 1 is 2.00 bits per heavy atom. The summed E-state index contributed by atoms with van der Waals surface area (Å²) >= 11 is 0. The number of hydrogen-bond acceptors (Lipinski definition) is 1. The third-order valence-electron chi connectivity index (χ3n) is 0.701. The number of terminal acetylenes is 1. The fourth-order valence-corrected chi connectivity index (χ4v) is 0.856. The van der Waals surface area contributed by atoms with Crippen LogP contribution in [0.2, 0.25) is 0 Å². The van der Waals surface area contributed by atoms with Crippen molar-refractivity contribution in [3.8, 4) is 12.3 Å². The van der Waals surface area contributed by atoms with Crippen LogP contribution in [0, 0.1) is 18.3 Å². The molecule has 0 aromatic carbocycles. The first-order valence-electron chi connectivity index (χ1n) is 2.34. The van der Waals surface area contributed by atoms with Crippen LogP contribution in [0.5, 0.6) is 0 Å². The molecule has 3 unspecified atom stereocenters. The topological polar surface area (TPSA) is 9.23 Å². The first kappa shape index (κ1) is 8.38. The Bertz CT molecular complexity index is 86.9. The van der Waals surface area contributed by atoms with E-state index in [1.165, 1.54) is 0 Å². The van der Waals surface area contributed by atoms with E-state index < -0.39 is 0 Å². The summed E-state index contributed by atoms with van der Waals surface area (Å²) in [6, 6.07) is 0. The summed E-state index contributed by atoms with van der Waals surface area (Å²) in [4.78, 5) is 0. The number of hydrogen-bond donors (Lipinski definition) is 0. The van der Waals surface area contributed by atoms with Crippen molar-refractivity contribution in [3.63, 3.8) is 0 Å². The van der Waals surface area contributed by atoms with Gasteiger partial charge in [0.15, 0.2) is 0 Å². The molecular weight excluding hydrogens is 138 g/mol. The van der Waals surface area contributed by atoms with E-state index in [-0.39, 0.29) is 5.92 Å². The monoisotopic (exact) mass is 148 g/mol. The smallest absolute Gasteiger partial charge is 0.0644 e. The van der Waals surface area contributed by atoms with E-state index in [9.17, 15) is 0 Å². The maximum atomic E-state index is 5.08. The zero-order valence-corrected chi connectivity index (χ0v) is 7.00. The lowest BCUT2D eigenvalue weighted by atomic mass is 10.2. The first-order valence-corrected chi connectivity index (χ1v) is 5.06. The average molecular weight is 148 g/mol. The fourth-order valence-electron chi connectivity index (χ4n) is 0.221. The molecule has 0 spiro atoms. The fraction of sp³-hybridized carbons (Fsp3) is 0.600. The molecule has 0 aromatic rings. The van der Waals surface area contributed by atoms with Gasteiger partial charge in [0.1, 0.15) is 0 Å². The highest BCUT2D eigenvalue weighted by Gasteiger charge is 1.92. The van der Waals surface area contributed by atoms with Gasteiger partial charge in [-0.05, 0) is 6.92 Å². The van der Waals surface area contributed by atoms with Crippen molar-refractivity contribution in [1.82, 2.24) is 0 Å². The highest BCUT2D eigenvalue weighted by molar-refractivity contribution is 8.00. The quantitative estimate of drug-likeness (QED) is 0.436. The van der Waals surface area contributed by atoms with Gasteiger partial charge in [0.05, 0.1) is 6.61 Å². The van der Waals surface area contributed by atoms with E-state index in [0.717, 1.165) is 0 Å². The van der Waals surface area contributed by atoms with E-state index in [4.69, 9.17) is 10.9 Å². The van der Waals surface area contributed by atoms with E-state index in [1.54, 1.807) is 0 Å². The van der Waals surface area contributed by atoms with Crippen LogP contribution in [0.1, 0.15) is 6.92 Å². The lowest BCUT2D eigenvalue weighted by Crippen LogP contribution is -1.96. The SMILES string of the molecule is C#CC(C)COPP. The predicted molar refractivity (Wildman–Crippen MR) is 42.0 cm³/mol. The average Bonchev–Trinajstić information content (AvgIpc) is 1.83. The molecule has 0 fully saturated rings. The van der Waals surface area contributed by atoms with Gasteiger partial charge in [-0.2, -0.15) is 0 Å². The van der Waals surface area contributed by atoms with E-state index in [2.05, 4.69) is 14.8 Å².